The van der Waals surface area contributed by atoms with Crippen LogP contribution < -0.4 is 0 Å². The Morgan fingerprint density at radius 1 is 1.03 bits per heavy atom. The quantitative estimate of drug-likeness (QED) is 0.768. The number of ether oxygens (including phenoxy) is 2. The van der Waals surface area contributed by atoms with Gasteiger partial charge in [0.25, 0.3) is 0 Å². The fraction of sp³-hybridized carbons (Fsp3) is 0.304. The number of hydrogen-bond donors (Lipinski definition) is 1. The second-order valence-corrected chi connectivity index (χ2v) is 7.87. The van der Waals surface area contributed by atoms with Crippen molar-refractivity contribution in [3.05, 3.63) is 70.7 Å². The van der Waals surface area contributed by atoms with E-state index in [4.69, 9.17) is 26.5 Å². The van der Waals surface area contributed by atoms with E-state index in [-0.39, 0.29) is 0 Å². The lowest BCUT2D eigenvalue weighted by Gasteiger charge is -2.49. The first-order valence-corrected chi connectivity index (χ1v) is 9.84. The van der Waals surface area contributed by atoms with Gasteiger partial charge in [0, 0.05) is 10.6 Å². The van der Waals surface area contributed by atoms with E-state index in [9.17, 15) is 15.8 Å². The molecule has 0 saturated carbocycles. The highest BCUT2D eigenvalue weighted by molar-refractivity contribution is 6.30. The van der Waals surface area contributed by atoms with Crippen LogP contribution in [0.4, 0.5) is 0 Å². The third kappa shape index (κ3) is 2.22. The van der Waals surface area contributed by atoms with Crippen LogP contribution in [0.3, 0.4) is 0 Å². The summed E-state index contributed by atoms with van der Waals surface area (Å²) in [6.45, 7) is 1.83. The van der Waals surface area contributed by atoms with Crippen LogP contribution in [-0.2, 0) is 15.3 Å². The number of halogens is 1. The molecule has 30 heavy (non-hydrogen) atoms. The van der Waals surface area contributed by atoms with Crippen molar-refractivity contribution in [3.63, 3.8) is 0 Å². The monoisotopic (exact) mass is 416 g/mol. The third-order valence-electron chi connectivity index (χ3n) is 6.17. The van der Waals surface area contributed by atoms with Crippen molar-refractivity contribution in [2.75, 3.05) is 0 Å². The Balaban J connectivity index is 2.08. The van der Waals surface area contributed by atoms with E-state index in [1.165, 1.54) is 0 Å². The largest absolute Gasteiger partial charge is 0.443 e. The van der Waals surface area contributed by atoms with Crippen molar-refractivity contribution in [3.8, 4) is 18.2 Å². The highest BCUT2D eigenvalue weighted by atomic mass is 35.5. The number of nitrogens with zero attached hydrogens (tertiary/aromatic N) is 3. The Kier molecular flexibility index (Phi) is 4.55. The van der Waals surface area contributed by atoms with Gasteiger partial charge in [-0.15, -0.1) is 0 Å². The minimum Gasteiger partial charge on any atom is -0.443 e. The van der Waals surface area contributed by atoms with Crippen LogP contribution in [0.5, 0.6) is 0 Å². The highest BCUT2D eigenvalue weighted by Crippen LogP contribution is 2.69. The highest BCUT2D eigenvalue weighted by Gasteiger charge is 2.80. The molecule has 0 radical (unpaired) electrons. The van der Waals surface area contributed by atoms with Crippen LogP contribution in [-0.4, -0.2) is 5.90 Å². The molecule has 2 saturated heterocycles. The van der Waals surface area contributed by atoms with E-state index in [1.54, 1.807) is 36.4 Å². The maximum Gasteiger partial charge on any atom is 0.244 e. The molecule has 7 heteroatoms. The molecule has 6 nitrogen and oxygen atoms in total. The third-order valence-corrected chi connectivity index (χ3v) is 6.40. The van der Waals surface area contributed by atoms with Crippen molar-refractivity contribution in [2.24, 2.45) is 16.7 Å². The summed E-state index contributed by atoms with van der Waals surface area (Å²) >= 11 is 6.18. The SMILES string of the molecule is CCC1C2(c3ccccc3)OC(=N)C1(C#N)C(C#N)(C#N)C(c1cccc(Cl)c1)O2. The standard InChI is InChI=1S/C23H17ClN4O2/c1-2-18-22(14-27)20(28)30-23(18,16-8-4-3-5-9-16)29-19(21(22,12-25)13-26)15-7-6-10-17(24)11-15/h3-11,18-19,28H,2H2,1H3. The zero-order chi connectivity index (χ0) is 21.6. The zero-order valence-corrected chi connectivity index (χ0v) is 16.8. The summed E-state index contributed by atoms with van der Waals surface area (Å²) in [5.41, 5.74) is -2.72. The van der Waals surface area contributed by atoms with Crippen LogP contribution in [0, 0.1) is 56.2 Å². The minimum absolute atomic E-state index is 0.359. The maximum atomic E-state index is 10.4. The number of benzene rings is 2. The number of nitriles is 3. The van der Waals surface area contributed by atoms with Gasteiger partial charge in [-0.3, -0.25) is 5.41 Å². The molecule has 0 aliphatic carbocycles. The molecule has 0 aromatic heterocycles. The molecule has 148 valence electrons. The lowest BCUT2D eigenvalue weighted by atomic mass is 9.52. The molecule has 2 aromatic carbocycles. The summed E-state index contributed by atoms with van der Waals surface area (Å²) < 4.78 is 12.5. The molecule has 2 fully saturated rings. The van der Waals surface area contributed by atoms with Gasteiger partial charge in [0.05, 0.1) is 24.1 Å². The summed E-state index contributed by atoms with van der Waals surface area (Å²) in [5, 5.41) is 39.9. The van der Waals surface area contributed by atoms with Crippen molar-refractivity contribution in [1.82, 2.24) is 0 Å². The minimum atomic E-state index is -2.00. The van der Waals surface area contributed by atoms with Crippen molar-refractivity contribution in [1.29, 1.82) is 21.2 Å². The Morgan fingerprint density at radius 3 is 2.30 bits per heavy atom. The fourth-order valence-corrected chi connectivity index (χ4v) is 5.07. The van der Waals surface area contributed by atoms with Crippen LogP contribution in [0.25, 0.3) is 0 Å². The number of fused-ring (bicyclic) bond motifs is 2. The number of hydrogen-bond acceptors (Lipinski definition) is 6. The molecule has 2 bridgehead atoms. The van der Waals surface area contributed by atoms with Gasteiger partial charge in [0.1, 0.15) is 6.10 Å². The van der Waals surface area contributed by atoms with Crippen LogP contribution >= 0.6 is 11.6 Å². The van der Waals surface area contributed by atoms with Gasteiger partial charge in [0.15, 0.2) is 5.41 Å². The molecule has 2 aromatic rings. The van der Waals surface area contributed by atoms with E-state index in [0.29, 0.717) is 22.6 Å². The van der Waals surface area contributed by atoms with Gasteiger partial charge in [0.2, 0.25) is 17.1 Å². The van der Waals surface area contributed by atoms with Crippen LogP contribution in [0.15, 0.2) is 54.6 Å². The van der Waals surface area contributed by atoms with Crippen LogP contribution in [0.2, 0.25) is 5.02 Å². The van der Waals surface area contributed by atoms with Gasteiger partial charge in [-0.1, -0.05) is 61.0 Å². The molecule has 1 N–H and O–H groups in total. The van der Waals surface area contributed by atoms with E-state index in [0.717, 1.165) is 0 Å². The number of nitrogens with one attached hydrogen (secondary N) is 1. The fourth-order valence-electron chi connectivity index (χ4n) is 4.87. The Morgan fingerprint density at radius 2 is 1.73 bits per heavy atom. The van der Waals surface area contributed by atoms with Crippen molar-refractivity contribution >= 4 is 17.5 Å². The molecule has 4 atom stereocenters. The summed E-state index contributed by atoms with van der Waals surface area (Å²) in [5.74, 6) is -2.64. The summed E-state index contributed by atoms with van der Waals surface area (Å²) in [6.07, 6.45) is -0.796. The molecule has 0 amide bonds. The topological polar surface area (TPSA) is 114 Å². The first kappa shape index (κ1) is 19.9. The molecule has 4 rings (SSSR count). The van der Waals surface area contributed by atoms with Gasteiger partial charge >= 0.3 is 0 Å². The predicted octanol–water partition coefficient (Wildman–Crippen LogP) is 4.84. The van der Waals surface area contributed by atoms with Gasteiger partial charge in [-0.2, -0.15) is 15.8 Å². The average Bonchev–Trinajstić information content (AvgIpc) is 2.98. The molecule has 2 heterocycles. The molecule has 0 spiro atoms. The number of rotatable bonds is 3. The first-order chi connectivity index (χ1) is 14.5. The molecular formula is C23H17ClN4O2. The van der Waals surface area contributed by atoms with Gasteiger partial charge in [-0.25, -0.2) is 0 Å². The summed E-state index contributed by atoms with van der Waals surface area (Å²) in [6, 6.07) is 22.0. The smallest absolute Gasteiger partial charge is 0.244 e. The van der Waals surface area contributed by atoms with Crippen LogP contribution in [0.1, 0.15) is 30.6 Å². The average molecular weight is 417 g/mol. The normalized spacial score (nSPS) is 31.1. The van der Waals surface area contributed by atoms with Gasteiger partial charge in [-0.05, 0) is 24.1 Å². The lowest BCUT2D eigenvalue weighted by Crippen LogP contribution is -2.58. The van der Waals surface area contributed by atoms with E-state index < -0.39 is 34.5 Å². The first-order valence-electron chi connectivity index (χ1n) is 9.46. The maximum absolute atomic E-state index is 10.4. The molecule has 4 unspecified atom stereocenters. The van der Waals surface area contributed by atoms with E-state index in [2.05, 4.69) is 6.07 Å². The predicted molar refractivity (Wildman–Crippen MR) is 108 cm³/mol. The molecular weight excluding hydrogens is 400 g/mol. The second kappa shape index (κ2) is 6.85. The second-order valence-electron chi connectivity index (χ2n) is 7.43. The molecule has 2 aliphatic rings. The lowest BCUT2D eigenvalue weighted by molar-refractivity contribution is -0.292. The zero-order valence-electron chi connectivity index (χ0n) is 16.1. The summed E-state index contributed by atoms with van der Waals surface area (Å²) in [7, 11) is 0. The van der Waals surface area contributed by atoms with Crippen molar-refractivity contribution in [2.45, 2.75) is 25.2 Å². The van der Waals surface area contributed by atoms with Crippen molar-refractivity contribution < 1.29 is 9.47 Å². The Labute approximate surface area is 179 Å². The summed E-state index contributed by atoms with van der Waals surface area (Å²) in [4.78, 5) is 0. The van der Waals surface area contributed by atoms with Gasteiger partial charge < -0.3 is 9.47 Å². The molecule has 2 aliphatic heterocycles. The Hall–Kier alpha value is -3.37. The van der Waals surface area contributed by atoms with E-state index in [1.807, 2.05) is 37.3 Å². The Bertz CT molecular complexity index is 1130. The van der Waals surface area contributed by atoms with E-state index >= 15 is 0 Å².